The van der Waals surface area contributed by atoms with E-state index in [1.54, 1.807) is 26.5 Å². The Balaban J connectivity index is 3.00. The fourth-order valence-corrected chi connectivity index (χ4v) is 3.37. The molecule has 0 spiro atoms. The monoisotopic (exact) mass is 420 g/mol. The van der Waals surface area contributed by atoms with E-state index in [4.69, 9.17) is 5.11 Å². The van der Waals surface area contributed by atoms with Gasteiger partial charge in [-0.05, 0) is 6.92 Å². The van der Waals surface area contributed by atoms with Crippen LogP contribution in [0.1, 0.15) is 6.92 Å². The summed E-state index contributed by atoms with van der Waals surface area (Å²) in [5, 5.41) is 46.1. The summed E-state index contributed by atoms with van der Waals surface area (Å²) in [5.41, 5.74) is 0. The molecule has 5 N–H and O–H groups in total. The van der Waals surface area contributed by atoms with E-state index in [-0.39, 0.29) is 32.2 Å². The van der Waals surface area contributed by atoms with Gasteiger partial charge in [-0.25, -0.2) is 0 Å². The Morgan fingerprint density at radius 3 is 1.72 bits per heavy atom. The van der Waals surface area contributed by atoms with Crippen molar-refractivity contribution >= 4 is 17.9 Å². The molecule has 1 fully saturated rings. The first-order valence-corrected chi connectivity index (χ1v) is 9.49. The zero-order valence-corrected chi connectivity index (χ0v) is 16.7. The van der Waals surface area contributed by atoms with Crippen molar-refractivity contribution in [3.63, 3.8) is 0 Å². The average Bonchev–Trinajstić information content (AvgIpc) is 2.57. The van der Waals surface area contributed by atoms with E-state index >= 15 is 0 Å². The first-order valence-electron chi connectivity index (χ1n) is 9.49. The quantitative estimate of drug-likeness (QED) is 0.256. The first kappa shape index (κ1) is 25.2. The number of rotatable bonds is 8. The van der Waals surface area contributed by atoms with Crippen LogP contribution in [0.25, 0.3) is 0 Å². The summed E-state index contributed by atoms with van der Waals surface area (Å²) in [7, 11) is 0. The minimum absolute atomic E-state index is 0.0392. The molecular formula is C17H32N4O8. The topological polar surface area (TPSA) is 165 Å². The van der Waals surface area contributed by atoms with Gasteiger partial charge in [-0.2, -0.15) is 0 Å². The lowest BCUT2D eigenvalue weighted by atomic mass is 10.2. The van der Waals surface area contributed by atoms with Crippen molar-refractivity contribution < 1.29 is 39.9 Å². The van der Waals surface area contributed by atoms with E-state index in [9.17, 15) is 34.8 Å². The Hall–Kier alpha value is -1.83. The van der Waals surface area contributed by atoms with Gasteiger partial charge in [-0.3, -0.25) is 34.0 Å². The van der Waals surface area contributed by atoms with Gasteiger partial charge in [0.1, 0.15) is 0 Å². The van der Waals surface area contributed by atoms with Crippen molar-refractivity contribution in [2.45, 2.75) is 19.3 Å². The molecule has 0 amide bonds. The molecule has 1 unspecified atom stereocenters. The van der Waals surface area contributed by atoms with Crippen LogP contribution in [-0.2, 0) is 14.4 Å². The summed E-state index contributed by atoms with van der Waals surface area (Å²) >= 11 is 0. The SMILES string of the molecule is CC1CN(CC(=O)O)CCN(CC(O)O)CCN(CC(=O)O)CCN1CC(=O)O. The van der Waals surface area contributed by atoms with Gasteiger partial charge in [-0.1, -0.05) is 0 Å². The Kier molecular flexibility index (Phi) is 11.0. The molecule has 168 valence electrons. The van der Waals surface area contributed by atoms with E-state index in [1.165, 1.54) is 0 Å². The van der Waals surface area contributed by atoms with Crippen molar-refractivity contribution in [2.24, 2.45) is 0 Å². The van der Waals surface area contributed by atoms with Gasteiger partial charge < -0.3 is 25.5 Å². The molecule has 1 atom stereocenters. The fourth-order valence-electron chi connectivity index (χ4n) is 3.37. The summed E-state index contributed by atoms with van der Waals surface area (Å²) in [6.07, 6.45) is -1.56. The van der Waals surface area contributed by atoms with Crippen LogP contribution in [0.4, 0.5) is 0 Å². The average molecular weight is 420 g/mol. The summed E-state index contributed by atoms with van der Waals surface area (Å²) in [6.45, 7) is 3.45. The van der Waals surface area contributed by atoms with Crippen LogP contribution >= 0.6 is 0 Å². The second-order valence-corrected chi connectivity index (χ2v) is 7.29. The van der Waals surface area contributed by atoms with Gasteiger partial charge in [0.15, 0.2) is 6.29 Å². The highest BCUT2D eigenvalue weighted by molar-refractivity contribution is 5.70. The van der Waals surface area contributed by atoms with Crippen LogP contribution in [0.2, 0.25) is 0 Å². The van der Waals surface area contributed by atoms with Gasteiger partial charge in [0, 0.05) is 58.4 Å². The van der Waals surface area contributed by atoms with E-state index in [1.807, 2.05) is 0 Å². The van der Waals surface area contributed by atoms with E-state index in [0.717, 1.165) is 0 Å². The van der Waals surface area contributed by atoms with Gasteiger partial charge in [0.05, 0.1) is 19.6 Å². The lowest BCUT2D eigenvalue weighted by Gasteiger charge is -2.36. The molecule has 0 aliphatic carbocycles. The number of β-amino-alcohol motifs (C(OH)–C–C–N with tert-alkyl or cyclic N) is 2. The first-order chi connectivity index (χ1) is 13.6. The number of aliphatic carboxylic acids is 3. The molecule has 1 aliphatic rings. The second-order valence-electron chi connectivity index (χ2n) is 7.29. The molecule has 0 radical (unpaired) electrons. The third-order valence-corrected chi connectivity index (χ3v) is 4.79. The number of hydrogen-bond acceptors (Lipinski definition) is 9. The van der Waals surface area contributed by atoms with Crippen LogP contribution in [-0.4, -0.2) is 147 Å². The van der Waals surface area contributed by atoms with Gasteiger partial charge >= 0.3 is 17.9 Å². The van der Waals surface area contributed by atoms with E-state index in [2.05, 4.69) is 0 Å². The molecule has 1 saturated heterocycles. The molecule has 0 saturated carbocycles. The Morgan fingerprint density at radius 1 is 0.759 bits per heavy atom. The summed E-state index contributed by atoms with van der Waals surface area (Å²) in [4.78, 5) is 40.4. The molecule has 1 rings (SSSR count). The summed E-state index contributed by atoms with van der Waals surface area (Å²) < 4.78 is 0. The van der Waals surface area contributed by atoms with Gasteiger partial charge in [-0.15, -0.1) is 0 Å². The molecule has 0 bridgehead atoms. The number of aliphatic hydroxyl groups excluding tert-OH is 1. The van der Waals surface area contributed by atoms with Crippen molar-refractivity contribution in [2.75, 3.05) is 72.0 Å². The molecule has 0 aromatic rings. The molecule has 1 heterocycles. The minimum Gasteiger partial charge on any atom is -0.480 e. The van der Waals surface area contributed by atoms with E-state index in [0.29, 0.717) is 45.8 Å². The van der Waals surface area contributed by atoms with Crippen molar-refractivity contribution in [1.29, 1.82) is 0 Å². The number of hydrogen-bond donors (Lipinski definition) is 5. The predicted molar refractivity (Wildman–Crippen MR) is 101 cm³/mol. The minimum atomic E-state index is -1.56. The number of carbonyl (C=O) groups is 3. The number of carboxylic acid groups (broad SMARTS) is 3. The highest BCUT2D eigenvalue weighted by atomic mass is 16.5. The number of nitrogens with zero attached hydrogens (tertiary/aromatic N) is 4. The van der Waals surface area contributed by atoms with E-state index < -0.39 is 24.2 Å². The maximum Gasteiger partial charge on any atom is 0.317 e. The molecular weight excluding hydrogens is 388 g/mol. The zero-order valence-electron chi connectivity index (χ0n) is 16.7. The highest BCUT2D eigenvalue weighted by Crippen LogP contribution is 2.06. The molecule has 12 nitrogen and oxygen atoms in total. The third kappa shape index (κ3) is 11.1. The summed E-state index contributed by atoms with van der Waals surface area (Å²) in [6, 6.07) is -0.270. The molecule has 0 aromatic heterocycles. The normalized spacial score (nSPS) is 22.1. The lowest BCUT2D eigenvalue weighted by molar-refractivity contribution is -0.141. The van der Waals surface area contributed by atoms with Crippen LogP contribution in [0, 0.1) is 0 Å². The summed E-state index contributed by atoms with van der Waals surface area (Å²) in [5.74, 6) is -3.02. The van der Waals surface area contributed by atoms with Gasteiger partial charge in [0.2, 0.25) is 0 Å². The predicted octanol–water partition coefficient (Wildman–Crippen LogP) is -2.84. The lowest BCUT2D eigenvalue weighted by Crippen LogP contribution is -2.52. The molecule has 12 heteroatoms. The maximum absolute atomic E-state index is 11.2. The highest BCUT2D eigenvalue weighted by Gasteiger charge is 2.24. The van der Waals surface area contributed by atoms with Crippen LogP contribution < -0.4 is 0 Å². The Labute approximate surface area is 169 Å². The Bertz CT molecular complexity index is 548. The molecule has 29 heavy (non-hydrogen) atoms. The molecule has 1 aliphatic heterocycles. The van der Waals surface area contributed by atoms with Crippen LogP contribution in [0.5, 0.6) is 0 Å². The standard InChI is InChI=1S/C17H32N4O8/c1-13-8-20(11-16(26)27)5-4-18(9-14(22)23)2-3-19(10-15(24)25)6-7-21(13)12-17(28)29/h13-14,22-23H,2-12H2,1H3,(H,24,25)(H,26,27)(H,28,29). The number of carboxylic acids is 3. The fraction of sp³-hybridized carbons (Fsp3) is 0.824. The van der Waals surface area contributed by atoms with Crippen molar-refractivity contribution in [3.05, 3.63) is 0 Å². The zero-order chi connectivity index (χ0) is 22.0. The van der Waals surface area contributed by atoms with Crippen LogP contribution in [0.15, 0.2) is 0 Å². The smallest absolute Gasteiger partial charge is 0.317 e. The van der Waals surface area contributed by atoms with Crippen molar-refractivity contribution in [1.82, 2.24) is 19.6 Å². The third-order valence-electron chi connectivity index (χ3n) is 4.79. The maximum atomic E-state index is 11.2. The second kappa shape index (κ2) is 12.7. The Morgan fingerprint density at radius 2 is 1.21 bits per heavy atom. The van der Waals surface area contributed by atoms with Gasteiger partial charge in [0.25, 0.3) is 0 Å². The molecule has 0 aromatic carbocycles. The number of aliphatic hydroxyl groups is 2. The van der Waals surface area contributed by atoms with Crippen LogP contribution in [0.3, 0.4) is 0 Å². The van der Waals surface area contributed by atoms with Crippen molar-refractivity contribution in [3.8, 4) is 0 Å². The largest absolute Gasteiger partial charge is 0.480 e.